The summed E-state index contributed by atoms with van der Waals surface area (Å²) in [5.41, 5.74) is 0.987. The van der Waals surface area contributed by atoms with Crippen LogP contribution >= 0.6 is 11.3 Å². The summed E-state index contributed by atoms with van der Waals surface area (Å²) in [6, 6.07) is 5.65. The van der Waals surface area contributed by atoms with Crippen LogP contribution in [0.3, 0.4) is 0 Å². The molecular weight excluding hydrogens is 412 g/mol. The molecule has 9 nitrogen and oxygen atoms in total. The van der Waals surface area contributed by atoms with Crippen molar-refractivity contribution in [1.82, 2.24) is 0 Å². The summed E-state index contributed by atoms with van der Waals surface area (Å²) in [4.78, 5) is 47.2. The van der Waals surface area contributed by atoms with E-state index in [4.69, 9.17) is 9.47 Å². The van der Waals surface area contributed by atoms with Gasteiger partial charge in [-0.05, 0) is 50.1 Å². The molecule has 0 unspecified atom stereocenters. The number of thiophene rings is 1. The van der Waals surface area contributed by atoms with Crippen molar-refractivity contribution in [2.75, 3.05) is 18.5 Å². The van der Waals surface area contributed by atoms with Gasteiger partial charge in [-0.25, -0.2) is 9.59 Å². The maximum atomic E-state index is 12.3. The summed E-state index contributed by atoms with van der Waals surface area (Å²) in [7, 11) is 0. The van der Waals surface area contributed by atoms with Gasteiger partial charge in [0, 0.05) is 18.2 Å². The molecule has 0 spiro atoms. The standard InChI is InChI=1S/C20H20N2O7S/c1-4-28-19(24)16-12(3)17(20(25)29-5-2)30-18(16)21-15(23)11-8-13-6-9-14(10-7-13)22(26)27/h6-11H,4-5H2,1-3H3,(H,21,23)/b11-8+. The van der Waals surface area contributed by atoms with Crippen molar-refractivity contribution in [3.63, 3.8) is 0 Å². The first-order valence-corrected chi connectivity index (χ1v) is 9.81. The SMILES string of the molecule is CCOC(=O)c1sc(NC(=O)/C=C/c2ccc([N+](=O)[O-])cc2)c(C(=O)OCC)c1C. The first kappa shape index (κ1) is 22.8. The molecular formula is C20H20N2O7S. The number of nitro groups is 1. The van der Waals surface area contributed by atoms with Crippen LogP contribution in [-0.2, 0) is 14.3 Å². The van der Waals surface area contributed by atoms with Crippen molar-refractivity contribution in [3.8, 4) is 0 Å². The Morgan fingerprint density at radius 1 is 1.10 bits per heavy atom. The number of benzene rings is 1. The molecule has 1 amide bonds. The van der Waals surface area contributed by atoms with Gasteiger partial charge < -0.3 is 14.8 Å². The van der Waals surface area contributed by atoms with Gasteiger partial charge in [0.05, 0.1) is 23.7 Å². The van der Waals surface area contributed by atoms with Crippen molar-refractivity contribution < 1.29 is 28.8 Å². The Kier molecular flexibility index (Phi) is 7.82. The molecule has 2 rings (SSSR count). The summed E-state index contributed by atoms with van der Waals surface area (Å²) in [5.74, 6) is -1.79. The summed E-state index contributed by atoms with van der Waals surface area (Å²) in [5, 5.41) is 13.4. The van der Waals surface area contributed by atoms with Crippen molar-refractivity contribution in [2.45, 2.75) is 20.8 Å². The average molecular weight is 432 g/mol. The number of carbonyl (C=O) groups excluding carboxylic acids is 3. The molecule has 10 heteroatoms. The van der Waals surface area contributed by atoms with Crippen LogP contribution < -0.4 is 5.32 Å². The summed E-state index contributed by atoms with van der Waals surface area (Å²) < 4.78 is 10.0. The number of nitro benzene ring substituents is 1. The lowest BCUT2D eigenvalue weighted by molar-refractivity contribution is -0.384. The van der Waals surface area contributed by atoms with E-state index in [1.807, 2.05) is 0 Å². The van der Waals surface area contributed by atoms with Gasteiger partial charge in [0.25, 0.3) is 5.69 Å². The van der Waals surface area contributed by atoms with Gasteiger partial charge in [-0.15, -0.1) is 11.3 Å². The number of carbonyl (C=O) groups is 3. The first-order valence-electron chi connectivity index (χ1n) is 8.99. The molecule has 0 aliphatic carbocycles. The lowest BCUT2D eigenvalue weighted by Crippen LogP contribution is -2.13. The molecule has 0 aliphatic heterocycles. The number of hydrogen-bond donors (Lipinski definition) is 1. The van der Waals surface area contributed by atoms with Crippen molar-refractivity contribution in [3.05, 3.63) is 62.0 Å². The zero-order valence-electron chi connectivity index (χ0n) is 16.6. The average Bonchev–Trinajstić information content (AvgIpc) is 3.03. The van der Waals surface area contributed by atoms with Crippen molar-refractivity contribution in [2.24, 2.45) is 0 Å². The highest BCUT2D eigenvalue weighted by Gasteiger charge is 2.27. The molecule has 158 valence electrons. The Bertz CT molecular complexity index is 993. The minimum atomic E-state index is -0.656. The molecule has 1 heterocycles. The van der Waals surface area contributed by atoms with Gasteiger partial charge >= 0.3 is 11.9 Å². The van der Waals surface area contributed by atoms with Gasteiger partial charge in [0.15, 0.2) is 0 Å². The molecule has 0 saturated heterocycles. The number of hydrogen-bond acceptors (Lipinski definition) is 8. The van der Waals surface area contributed by atoms with Gasteiger partial charge in [0.1, 0.15) is 9.88 Å². The van der Waals surface area contributed by atoms with E-state index in [9.17, 15) is 24.5 Å². The summed E-state index contributed by atoms with van der Waals surface area (Å²) in [6.45, 7) is 5.20. The fourth-order valence-corrected chi connectivity index (χ4v) is 3.57. The minimum Gasteiger partial charge on any atom is -0.462 e. The van der Waals surface area contributed by atoms with E-state index in [1.54, 1.807) is 20.8 Å². The van der Waals surface area contributed by atoms with E-state index in [0.717, 1.165) is 11.3 Å². The van der Waals surface area contributed by atoms with Gasteiger partial charge in [-0.1, -0.05) is 0 Å². The third kappa shape index (κ3) is 5.51. The minimum absolute atomic E-state index is 0.0590. The predicted octanol–water partition coefficient (Wildman–Crippen LogP) is 3.97. The third-order valence-electron chi connectivity index (χ3n) is 3.85. The number of nitrogens with one attached hydrogen (secondary N) is 1. The van der Waals surface area contributed by atoms with Crippen molar-refractivity contribution in [1.29, 1.82) is 0 Å². The lowest BCUT2D eigenvalue weighted by atomic mass is 10.1. The normalized spacial score (nSPS) is 10.6. The zero-order valence-corrected chi connectivity index (χ0v) is 17.4. The molecule has 2 aromatic rings. The van der Waals surface area contributed by atoms with Crippen LogP contribution in [0.25, 0.3) is 6.08 Å². The third-order valence-corrected chi connectivity index (χ3v) is 5.04. The van der Waals surface area contributed by atoms with Crippen LogP contribution in [0, 0.1) is 17.0 Å². The highest BCUT2D eigenvalue weighted by Crippen LogP contribution is 2.34. The number of esters is 2. The Hall–Kier alpha value is -3.53. The maximum absolute atomic E-state index is 12.3. The topological polar surface area (TPSA) is 125 Å². The van der Waals surface area contributed by atoms with Crippen LogP contribution in [0.1, 0.15) is 45.0 Å². The van der Waals surface area contributed by atoms with Crippen LogP contribution in [-0.4, -0.2) is 36.0 Å². The quantitative estimate of drug-likeness (QED) is 0.289. The van der Waals surface area contributed by atoms with Gasteiger partial charge in [-0.3, -0.25) is 14.9 Å². The number of rotatable bonds is 8. The first-order chi connectivity index (χ1) is 14.3. The molecule has 30 heavy (non-hydrogen) atoms. The van der Waals surface area contributed by atoms with E-state index in [2.05, 4.69) is 5.32 Å². The van der Waals surface area contributed by atoms with Crippen molar-refractivity contribution >= 4 is 45.9 Å². The Labute approximate surface area is 176 Å². The second-order valence-electron chi connectivity index (χ2n) is 5.87. The predicted molar refractivity (Wildman–Crippen MR) is 112 cm³/mol. The zero-order chi connectivity index (χ0) is 22.3. The number of anilines is 1. The largest absolute Gasteiger partial charge is 0.462 e. The van der Waals surface area contributed by atoms with Crippen LogP contribution in [0.15, 0.2) is 30.3 Å². The lowest BCUT2D eigenvalue weighted by Gasteiger charge is -2.05. The van der Waals surface area contributed by atoms with Crippen LogP contribution in [0.5, 0.6) is 0 Å². The molecule has 0 fully saturated rings. The summed E-state index contributed by atoms with van der Waals surface area (Å²) in [6.07, 6.45) is 2.69. The van der Waals surface area contributed by atoms with Crippen LogP contribution in [0.4, 0.5) is 10.7 Å². The van der Waals surface area contributed by atoms with Crippen LogP contribution in [0.2, 0.25) is 0 Å². The molecule has 1 aromatic carbocycles. The molecule has 0 atom stereocenters. The Balaban J connectivity index is 2.25. The van der Waals surface area contributed by atoms with E-state index >= 15 is 0 Å². The Morgan fingerprint density at radius 2 is 1.70 bits per heavy atom. The molecule has 0 aliphatic rings. The Morgan fingerprint density at radius 3 is 2.27 bits per heavy atom. The highest BCUT2D eigenvalue weighted by molar-refractivity contribution is 7.18. The second-order valence-corrected chi connectivity index (χ2v) is 6.89. The molecule has 0 bridgehead atoms. The second kappa shape index (κ2) is 10.3. The molecule has 0 radical (unpaired) electrons. The van der Waals surface area contributed by atoms with Gasteiger partial charge in [0.2, 0.25) is 5.91 Å². The van der Waals surface area contributed by atoms with E-state index in [1.165, 1.54) is 36.4 Å². The number of non-ortho nitro benzene ring substituents is 1. The van der Waals surface area contributed by atoms with E-state index in [0.29, 0.717) is 11.1 Å². The number of ether oxygens (including phenoxy) is 2. The van der Waals surface area contributed by atoms with E-state index < -0.39 is 22.8 Å². The number of nitrogens with zero attached hydrogens (tertiary/aromatic N) is 1. The smallest absolute Gasteiger partial charge is 0.348 e. The molecule has 1 aromatic heterocycles. The fraction of sp³-hybridized carbons (Fsp3) is 0.250. The monoisotopic (exact) mass is 432 g/mol. The molecule has 1 N–H and O–H groups in total. The van der Waals surface area contributed by atoms with Gasteiger partial charge in [-0.2, -0.15) is 0 Å². The highest BCUT2D eigenvalue weighted by atomic mass is 32.1. The fourth-order valence-electron chi connectivity index (χ4n) is 2.47. The summed E-state index contributed by atoms with van der Waals surface area (Å²) >= 11 is 0.927. The van der Waals surface area contributed by atoms with E-state index in [-0.39, 0.29) is 34.3 Å². The maximum Gasteiger partial charge on any atom is 0.348 e. The number of amides is 1. The molecule has 0 saturated carbocycles.